The van der Waals surface area contributed by atoms with E-state index >= 15 is 0 Å². The van der Waals surface area contributed by atoms with Crippen LogP contribution in [-0.4, -0.2) is 78.8 Å². The molecule has 1 aromatic rings. The van der Waals surface area contributed by atoms with Crippen LogP contribution in [0.2, 0.25) is 5.02 Å². The first-order valence-electron chi connectivity index (χ1n) is 9.33. The smallest absolute Gasteiger partial charge is 0.234 e. The Morgan fingerprint density at radius 3 is 2.62 bits per heavy atom. The van der Waals surface area contributed by atoms with Gasteiger partial charge < -0.3 is 15.2 Å². The highest BCUT2D eigenvalue weighted by molar-refractivity contribution is 6.31. The van der Waals surface area contributed by atoms with E-state index in [0.29, 0.717) is 30.8 Å². The molecule has 1 heterocycles. The number of benzene rings is 1. The molecule has 1 unspecified atom stereocenters. The van der Waals surface area contributed by atoms with Crippen LogP contribution in [0.15, 0.2) is 24.3 Å². The van der Waals surface area contributed by atoms with Gasteiger partial charge in [0.1, 0.15) is 0 Å². The van der Waals surface area contributed by atoms with Gasteiger partial charge >= 0.3 is 0 Å². The second-order valence-electron chi connectivity index (χ2n) is 7.18. The predicted octanol–water partition coefficient (Wildman–Crippen LogP) is 1.11. The Balaban J connectivity index is 1.28. The molecule has 1 atom stereocenters. The number of carbonyl (C=O) groups excluding carboxylic acids is 1. The zero-order valence-corrected chi connectivity index (χ0v) is 15.8. The van der Waals surface area contributed by atoms with E-state index in [4.69, 9.17) is 16.3 Å². The number of carbonyl (C=O) groups is 1. The van der Waals surface area contributed by atoms with Crippen LogP contribution in [0.4, 0.5) is 0 Å². The summed E-state index contributed by atoms with van der Waals surface area (Å²) < 4.78 is 5.60. The van der Waals surface area contributed by atoms with Gasteiger partial charge in [-0.1, -0.05) is 29.8 Å². The Morgan fingerprint density at radius 2 is 1.92 bits per heavy atom. The van der Waals surface area contributed by atoms with Gasteiger partial charge in [0.2, 0.25) is 5.91 Å². The molecule has 1 saturated carbocycles. The lowest BCUT2D eigenvalue weighted by Gasteiger charge is -2.35. The van der Waals surface area contributed by atoms with Crippen molar-refractivity contribution in [1.29, 1.82) is 0 Å². The molecular formula is C19H28ClN3O3. The maximum absolute atomic E-state index is 11.8. The lowest BCUT2D eigenvalue weighted by atomic mass is 10.2. The monoisotopic (exact) mass is 381 g/mol. The molecule has 7 heteroatoms. The summed E-state index contributed by atoms with van der Waals surface area (Å²) in [5.41, 5.74) is 0.930. The predicted molar refractivity (Wildman–Crippen MR) is 101 cm³/mol. The fraction of sp³-hybridized carbons (Fsp3) is 0.632. The highest BCUT2D eigenvalue weighted by atomic mass is 35.5. The summed E-state index contributed by atoms with van der Waals surface area (Å²) in [7, 11) is 0. The third kappa shape index (κ3) is 6.52. The molecule has 144 valence electrons. The van der Waals surface area contributed by atoms with Gasteiger partial charge in [-0.2, -0.15) is 0 Å². The fourth-order valence-corrected chi connectivity index (χ4v) is 3.30. The Hall–Kier alpha value is -1.18. The Bertz CT molecular complexity index is 589. The number of nitrogens with one attached hydrogen (secondary N) is 1. The number of β-amino-alcohol motifs (C(OH)–C–C–N with tert-alkyl or cyclic N) is 1. The van der Waals surface area contributed by atoms with Gasteiger partial charge in [-0.3, -0.25) is 14.6 Å². The first-order valence-corrected chi connectivity index (χ1v) is 9.71. The van der Waals surface area contributed by atoms with Crippen molar-refractivity contribution in [3.63, 3.8) is 0 Å². The van der Waals surface area contributed by atoms with Crippen LogP contribution in [0.5, 0.6) is 0 Å². The van der Waals surface area contributed by atoms with Gasteiger partial charge in [0.25, 0.3) is 0 Å². The number of ether oxygens (including phenoxy) is 1. The van der Waals surface area contributed by atoms with Crippen LogP contribution < -0.4 is 5.32 Å². The molecule has 2 aliphatic rings. The third-order valence-electron chi connectivity index (χ3n) is 4.77. The standard InChI is InChI=1S/C19H28ClN3O3/c20-18-4-2-1-3-15(18)13-26-14-17(24)11-22-7-9-23(10-8-22)12-19(25)21-16-5-6-16/h1-4,16-17,24H,5-14H2,(H,21,25). The van der Waals surface area contributed by atoms with Gasteiger partial charge in [0.15, 0.2) is 0 Å². The number of amides is 1. The average molecular weight is 382 g/mol. The average Bonchev–Trinajstić information content (AvgIpc) is 3.42. The molecule has 0 aromatic heterocycles. The molecule has 0 spiro atoms. The zero-order chi connectivity index (χ0) is 18.4. The highest BCUT2D eigenvalue weighted by Crippen LogP contribution is 2.18. The molecule has 0 radical (unpaired) electrons. The Morgan fingerprint density at radius 1 is 1.23 bits per heavy atom. The number of hydrogen-bond acceptors (Lipinski definition) is 5. The molecule has 1 aliphatic heterocycles. The third-order valence-corrected chi connectivity index (χ3v) is 5.14. The maximum Gasteiger partial charge on any atom is 0.234 e. The van der Waals surface area contributed by atoms with E-state index < -0.39 is 6.10 Å². The largest absolute Gasteiger partial charge is 0.389 e. The molecule has 0 bridgehead atoms. The molecule has 6 nitrogen and oxygen atoms in total. The van der Waals surface area contributed by atoms with E-state index in [0.717, 1.165) is 44.6 Å². The van der Waals surface area contributed by atoms with Crippen LogP contribution in [0.25, 0.3) is 0 Å². The molecule has 1 amide bonds. The van der Waals surface area contributed by atoms with Crippen LogP contribution in [0.1, 0.15) is 18.4 Å². The summed E-state index contributed by atoms with van der Waals surface area (Å²) in [6.07, 6.45) is 1.72. The summed E-state index contributed by atoms with van der Waals surface area (Å²) >= 11 is 6.09. The molecule has 1 aliphatic carbocycles. The molecule has 2 fully saturated rings. The van der Waals surface area contributed by atoms with E-state index in [2.05, 4.69) is 15.1 Å². The number of nitrogens with zero attached hydrogens (tertiary/aromatic N) is 2. The van der Waals surface area contributed by atoms with E-state index in [9.17, 15) is 9.90 Å². The number of aliphatic hydroxyl groups is 1. The van der Waals surface area contributed by atoms with Gasteiger partial charge in [-0.15, -0.1) is 0 Å². The summed E-state index contributed by atoms with van der Waals surface area (Å²) in [6, 6.07) is 7.99. The number of aliphatic hydroxyl groups excluding tert-OH is 1. The SMILES string of the molecule is O=C(CN1CCN(CC(O)COCc2ccccc2Cl)CC1)NC1CC1. The quantitative estimate of drug-likeness (QED) is 0.671. The van der Waals surface area contributed by atoms with E-state index in [-0.39, 0.29) is 12.5 Å². The summed E-state index contributed by atoms with van der Waals surface area (Å²) in [5.74, 6) is 0.133. The number of hydrogen-bond donors (Lipinski definition) is 2. The molecule has 1 saturated heterocycles. The minimum Gasteiger partial charge on any atom is -0.389 e. The van der Waals surface area contributed by atoms with Crippen molar-refractivity contribution in [2.24, 2.45) is 0 Å². The minimum atomic E-state index is -0.526. The molecule has 3 rings (SSSR count). The van der Waals surface area contributed by atoms with Crippen molar-refractivity contribution >= 4 is 17.5 Å². The van der Waals surface area contributed by atoms with Crippen molar-refractivity contribution in [3.05, 3.63) is 34.9 Å². The maximum atomic E-state index is 11.8. The van der Waals surface area contributed by atoms with Crippen molar-refractivity contribution < 1.29 is 14.6 Å². The topological polar surface area (TPSA) is 65.0 Å². The highest BCUT2D eigenvalue weighted by Gasteiger charge is 2.25. The minimum absolute atomic E-state index is 0.133. The fourth-order valence-electron chi connectivity index (χ4n) is 3.11. The van der Waals surface area contributed by atoms with Crippen molar-refractivity contribution in [2.45, 2.75) is 31.6 Å². The Labute approximate surface area is 160 Å². The van der Waals surface area contributed by atoms with E-state index in [1.807, 2.05) is 24.3 Å². The van der Waals surface area contributed by atoms with Gasteiger partial charge in [-0.25, -0.2) is 0 Å². The summed E-state index contributed by atoms with van der Waals surface area (Å²) in [5, 5.41) is 13.9. The lowest BCUT2D eigenvalue weighted by molar-refractivity contribution is -0.122. The first-order chi connectivity index (χ1) is 12.6. The van der Waals surface area contributed by atoms with Crippen LogP contribution in [0, 0.1) is 0 Å². The zero-order valence-electron chi connectivity index (χ0n) is 15.1. The summed E-state index contributed by atoms with van der Waals surface area (Å²) in [6.45, 7) is 5.18. The van der Waals surface area contributed by atoms with Crippen molar-refractivity contribution in [2.75, 3.05) is 45.9 Å². The molecule has 2 N–H and O–H groups in total. The Kier molecular flexibility index (Phi) is 7.28. The summed E-state index contributed by atoms with van der Waals surface area (Å²) in [4.78, 5) is 16.2. The second kappa shape index (κ2) is 9.67. The molecule has 1 aromatic carbocycles. The van der Waals surface area contributed by atoms with E-state index in [1.165, 1.54) is 0 Å². The van der Waals surface area contributed by atoms with Crippen LogP contribution in [0.3, 0.4) is 0 Å². The van der Waals surface area contributed by atoms with Gasteiger partial charge in [0, 0.05) is 43.8 Å². The van der Waals surface area contributed by atoms with Gasteiger partial charge in [-0.05, 0) is 24.5 Å². The first kappa shape index (κ1) is 19.6. The van der Waals surface area contributed by atoms with Crippen molar-refractivity contribution in [3.8, 4) is 0 Å². The van der Waals surface area contributed by atoms with Crippen LogP contribution in [-0.2, 0) is 16.1 Å². The van der Waals surface area contributed by atoms with E-state index in [1.54, 1.807) is 0 Å². The van der Waals surface area contributed by atoms with Crippen molar-refractivity contribution in [1.82, 2.24) is 15.1 Å². The molecule has 26 heavy (non-hydrogen) atoms. The molecular weight excluding hydrogens is 354 g/mol. The van der Waals surface area contributed by atoms with Crippen LogP contribution >= 0.6 is 11.6 Å². The number of piperazine rings is 1. The lowest BCUT2D eigenvalue weighted by Crippen LogP contribution is -2.51. The number of rotatable bonds is 9. The second-order valence-corrected chi connectivity index (χ2v) is 7.59. The normalized spacial score (nSPS) is 20.1. The van der Waals surface area contributed by atoms with Gasteiger partial charge in [0.05, 0.1) is 25.9 Å². The number of halogens is 1.